The first-order chi connectivity index (χ1) is 11.2. The molecule has 1 saturated heterocycles. The number of aromatic nitrogens is 1. The SMILES string of the molecule is CC(C)OCCC(=O)N(Cc1ccccn1)C1CCCNCC1. The third kappa shape index (κ3) is 6.28. The van der Waals surface area contributed by atoms with Crippen LogP contribution < -0.4 is 5.32 Å². The van der Waals surface area contributed by atoms with Crippen molar-refractivity contribution in [2.75, 3.05) is 19.7 Å². The molecule has 2 rings (SSSR count). The number of hydrogen-bond donors (Lipinski definition) is 1. The lowest BCUT2D eigenvalue weighted by molar-refractivity contribution is -0.136. The van der Waals surface area contributed by atoms with Crippen molar-refractivity contribution in [1.29, 1.82) is 0 Å². The van der Waals surface area contributed by atoms with Crippen LogP contribution in [0.25, 0.3) is 0 Å². The van der Waals surface area contributed by atoms with Crippen molar-refractivity contribution in [1.82, 2.24) is 15.2 Å². The molecule has 1 aromatic heterocycles. The molecule has 1 aromatic rings. The van der Waals surface area contributed by atoms with Crippen LogP contribution >= 0.6 is 0 Å². The van der Waals surface area contributed by atoms with E-state index in [1.807, 2.05) is 36.9 Å². The van der Waals surface area contributed by atoms with Crippen LogP contribution in [0.3, 0.4) is 0 Å². The Morgan fingerprint density at radius 2 is 2.26 bits per heavy atom. The number of rotatable bonds is 7. The van der Waals surface area contributed by atoms with Gasteiger partial charge in [0.2, 0.25) is 5.91 Å². The van der Waals surface area contributed by atoms with E-state index in [2.05, 4.69) is 10.3 Å². The van der Waals surface area contributed by atoms with Crippen molar-refractivity contribution in [3.05, 3.63) is 30.1 Å². The van der Waals surface area contributed by atoms with Crippen molar-refractivity contribution in [2.24, 2.45) is 0 Å². The Bertz CT molecular complexity index is 457. The predicted octanol–water partition coefficient (Wildman–Crippen LogP) is 2.37. The Balaban J connectivity index is 2.01. The summed E-state index contributed by atoms with van der Waals surface area (Å²) in [4.78, 5) is 19.1. The van der Waals surface area contributed by atoms with Gasteiger partial charge in [-0.2, -0.15) is 0 Å². The Morgan fingerprint density at radius 3 is 3.00 bits per heavy atom. The summed E-state index contributed by atoms with van der Waals surface area (Å²) in [6, 6.07) is 6.15. The first-order valence-electron chi connectivity index (χ1n) is 8.68. The second-order valence-corrected chi connectivity index (χ2v) is 6.35. The van der Waals surface area contributed by atoms with E-state index in [-0.39, 0.29) is 12.0 Å². The summed E-state index contributed by atoms with van der Waals surface area (Å²) in [5, 5.41) is 3.41. The molecule has 1 amide bonds. The van der Waals surface area contributed by atoms with E-state index >= 15 is 0 Å². The molecule has 1 unspecified atom stereocenters. The monoisotopic (exact) mass is 319 g/mol. The number of ether oxygens (including phenoxy) is 1. The van der Waals surface area contributed by atoms with Crippen LogP contribution in [-0.4, -0.2) is 47.6 Å². The minimum atomic E-state index is 0.161. The van der Waals surface area contributed by atoms with Crippen molar-refractivity contribution in [3.8, 4) is 0 Å². The number of nitrogens with zero attached hydrogens (tertiary/aromatic N) is 2. The van der Waals surface area contributed by atoms with Gasteiger partial charge in [0.05, 0.1) is 31.4 Å². The van der Waals surface area contributed by atoms with Gasteiger partial charge in [-0.25, -0.2) is 0 Å². The van der Waals surface area contributed by atoms with E-state index in [0.717, 1.165) is 38.0 Å². The number of carbonyl (C=O) groups excluding carboxylic acids is 1. The number of pyridine rings is 1. The summed E-state index contributed by atoms with van der Waals surface area (Å²) in [5.74, 6) is 0.170. The molecular formula is C18H29N3O2. The zero-order chi connectivity index (χ0) is 16.5. The Morgan fingerprint density at radius 1 is 1.39 bits per heavy atom. The summed E-state index contributed by atoms with van der Waals surface area (Å²) in [6.45, 7) is 7.07. The predicted molar refractivity (Wildman–Crippen MR) is 91.0 cm³/mol. The summed E-state index contributed by atoms with van der Waals surface area (Å²) in [6.07, 6.45) is 5.55. The number of hydrogen-bond acceptors (Lipinski definition) is 4. The second kappa shape index (κ2) is 9.63. The fourth-order valence-electron chi connectivity index (χ4n) is 2.93. The van der Waals surface area contributed by atoms with E-state index in [1.54, 1.807) is 6.20 Å². The smallest absolute Gasteiger partial charge is 0.225 e. The standard InChI is InChI=1S/C18H29N3O2/c1-15(2)23-13-9-18(22)21(14-16-6-3-4-11-20-16)17-7-5-10-19-12-8-17/h3-4,6,11,15,17,19H,5,7-10,12-14H2,1-2H3. The zero-order valence-electron chi connectivity index (χ0n) is 14.3. The molecule has 1 N–H and O–H groups in total. The molecule has 2 heterocycles. The number of amides is 1. The molecule has 1 fully saturated rings. The second-order valence-electron chi connectivity index (χ2n) is 6.35. The quantitative estimate of drug-likeness (QED) is 0.838. The van der Waals surface area contributed by atoms with Gasteiger partial charge in [0, 0.05) is 12.2 Å². The minimum Gasteiger partial charge on any atom is -0.378 e. The van der Waals surface area contributed by atoms with Crippen LogP contribution in [0, 0.1) is 0 Å². The summed E-state index contributed by atoms with van der Waals surface area (Å²) >= 11 is 0. The topological polar surface area (TPSA) is 54.5 Å². The minimum absolute atomic E-state index is 0.161. The first kappa shape index (κ1) is 17.9. The average Bonchev–Trinajstić information content (AvgIpc) is 2.82. The van der Waals surface area contributed by atoms with Crippen LogP contribution in [-0.2, 0) is 16.1 Å². The maximum atomic E-state index is 12.7. The Kier molecular flexibility index (Phi) is 7.49. The van der Waals surface area contributed by atoms with Gasteiger partial charge < -0.3 is 15.0 Å². The van der Waals surface area contributed by atoms with Gasteiger partial charge in [-0.15, -0.1) is 0 Å². The van der Waals surface area contributed by atoms with E-state index in [9.17, 15) is 4.79 Å². The van der Waals surface area contributed by atoms with Gasteiger partial charge >= 0.3 is 0 Å². The fraction of sp³-hybridized carbons (Fsp3) is 0.667. The molecule has 5 nitrogen and oxygen atoms in total. The van der Waals surface area contributed by atoms with Crippen LogP contribution in [0.1, 0.15) is 45.2 Å². The molecule has 1 aliphatic heterocycles. The van der Waals surface area contributed by atoms with E-state index < -0.39 is 0 Å². The lowest BCUT2D eigenvalue weighted by Crippen LogP contribution is -2.41. The molecule has 128 valence electrons. The molecule has 0 bridgehead atoms. The molecule has 0 radical (unpaired) electrons. The van der Waals surface area contributed by atoms with Crippen LogP contribution in [0.4, 0.5) is 0 Å². The van der Waals surface area contributed by atoms with Crippen molar-refractivity contribution < 1.29 is 9.53 Å². The van der Waals surface area contributed by atoms with Crippen LogP contribution in [0.15, 0.2) is 24.4 Å². The maximum Gasteiger partial charge on any atom is 0.225 e. The van der Waals surface area contributed by atoms with Gasteiger partial charge in [0.15, 0.2) is 0 Å². The zero-order valence-corrected chi connectivity index (χ0v) is 14.3. The van der Waals surface area contributed by atoms with Gasteiger partial charge in [0.25, 0.3) is 0 Å². The molecule has 0 aromatic carbocycles. The van der Waals surface area contributed by atoms with E-state index in [1.165, 1.54) is 0 Å². The third-order valence-electron chi connectivity index (χ3n) is 4.13. The highest BCUT2D eigenvalue weighted by molar-refractivity contribution is 5.76. The van der Waals surface area contributed by atoms with Crippen LogP contribution in [0.5, 0.6) is 0 Å². The summed E-state index contributed by atoms with van der Waals surface area (Å²) < 4.78 is 5.55. The Hall–Kier alpha value is -1.46. The number of nitrogens with one attached hydrogen (secondary N) is 1. The molecule has 1 aliphatic rings. The largest absolute Gasteiger partial charge is 0.378 e. The summed E-state index contributed by atoms with van der Waals surface area (Å²) in [7, 11) is 0. The van der Waals surface area contributed by atoms with Gasteiger partial charge in [-0.05, 0) is 58.3 Å². The highest BCUT2D eigenvalue weighted by atomic mass is 16.5. The number of carbonyl (C=O) groups is 1. The van der Waals surface area contributed by atoms with Crippen molar-refractivity contribution >= 4 is 5.91 Å². The van der Waals surface area contributed by atoms with Gasteiger partial charge in [0.1, 0.15) is 0 Å². The van der Waals surface area contributed by atoms with E-state index in [4.69, 9.17) is 4.74 Å². The Labute approximate surface area is 139 Å². The van der Waals surface area contributed by atoms with Crippen molar-refractivity contribution in [3.63, 3.8) is 0 Å². The van der Waals surface area contributed by atoms with Gasteiger partial charge in [-0.3, -0.25) is 9.78 Å². The molecule has 5 heteroatoms. The molecule has 0 aliphatic carbocycles. The summed E-state index contributed by atoms with van der Waals surface area (Å²) in [5.41, 5.74) is 0.947. The molecule has 23 heavy (non-hydrogen) atoms. The highest BCUT2D eigenvalue weighted by Crippen LogP contribution is 2.17. The van der Waals surface area contributed by atoms with E-state index in [0.29, 0.717) is 25.6 Å². The highest BCUT2D eigenvalue weighted by Gasteiger charge is 2.24. The molecule has 1 atom stereocenters. The average molecular weight is 319 g/mol. The lowest BCUT2D eigenvalue weighted by Gasteiger charge is -2.31. The normalized spacial score (nSPS) is 18.7. The third-order valence-corrected chi connectivity index (χ3v) is 4.13. The van der Waals surface area contributed by atoms with Crippen LogP contribution in [0.2, 0.25) is 0 Å². The first-order valence-corrected chi connectivity index (χ1v) is 8.68. The molecule has 0 spiro atoms. The molecular weight excluding hydrogens is 290 g/mol. The van der Waals surface area contributed by atoms with Gasteiger partial charge in [-0.1, -0.05) is 6.07 Å². The lowest BCUT2D eigenvalue weighted by atomic mass is 10.1. The fourth-order valence-corrected chi connectivity index (χ4v) is 2.93. The van der Waals surface area contributed by atoms with Crippen molar-refractivity contribution in [2.45, 2.75) is 58.2 Å². The molecule has 0 saturated carbocycles. The maximum absolute atomic E-state index is 12.7.